The Labute approximate surface area is 186 Å². The minimum atomic E-state index is -0.296. The van der Waals surface area contributed by atoms with Crippen molar-refractivity contribution in [1.29, 1.82) is 0 Å². The summed E-state index contributed by atoms with van der Waals surface area (Å²) in [5, 5.41) is 10.6. The summed E-state index contributed by atoms with van der Waals surface area (Å²) in [6, 6.07) is 14.0. The summed E-state index contributed by atoms with van der Waals surface area (Å²) in [5.74, 6) is 0.558. The Morgan fingerprint density at radius 2 is 2.06 bits per heavy atom. The molecule has 1 amide bonds. The second kappa shape index (κ2) is 9.23. The van der Waals surface area contributed by atoms with Crippen LogP contribution < -0.4 is 15.6 Å². The summed E-state index contributed by atoms with van der Waals surface area (Å²) in [6.07, 6.45) is 1.43. The molecule has 0 saturated heterocycles. The van der Waals surface area contributed by atoms with Crippen LogP contribution in [0.25, 0.3) is 16.7 Å². The number of anilines is 1. The maximum absolute atomic E-state index is 13.0. The zero-order valence-electron chi connectivity index (χ0n) is 16.5. The van der Waals surface area contributed by atoms with Crippen molar-refractivity contribution in [2.45, 2.75) is 12.1 Å². The van der Waals surface area contributed by atoms with Gasteiger partial charge in [-0.05, 0) is 49.4 Å². The third-order valence-electron chi connectivity index (χ3n) is 4.30. The SMILES string of the molecule is CCOc1ccc(NC(=O)CSc2nc3[nH]ncc3c(=O)n2-c2cccc(Cl)c2)cc1. The number of aromatic amines is 1. The number of carbonyl (C=O) groups is 1. The van der Waals surface area contributed by atoms with Crippen molar-refractivity contribution in [2.75, 3.05) is 17.7 Å². The minimum absolute atomic E-state index is 0.0554. The minimum Gasteiger partial charge on any atom is -0.494 e. The molecule has 0 atom stereocenters. The highest BCUT2D eigenvalue weighted by Gasteiger charge is 2.16. The van der Waals surface area contributed by atoms with Crippen LogP contribution in [0.4, 0.5) is 5.69 Å². The van der Waals surface area contributed by atoms with Gasteiger partial charge in [0.25, 0.3) is 5.56 Å². The van der Waals surface area contributed by atoms with Gasteiger partial charge in [-0.15, -0.1) is 0 Å². The lowest BCUT2D eigenvalue weighted by Gasteiger charge is -2.12. The summed E-state index contributed by atoms with van der Waals surface area (Å²) in [7, 11) is 0. The highest BCUT2D eigenvalue weighted by atomic mass is 35.5. The molecule has 2 heterocycles. The highest BCUT2D eigenvalue weighted by molar-refractivity contribution is 7.99. The molecule has 0 bridgehead atoms. The maximum atomic E-state index is 13.0. The molecule has 0 spiro atoms. The second-order valence-corrected chi connectivity index (χ2v) is 7.82. The van der Waals surface area contributed by atoms with Gasteiger partial charge in [-0.25, -0.2) is 4.98 Å². The number of hydrogen-bond acceptors (Lipinski definition) is 6. The molecule has 158 valence electrons. The van der Waals surface area contributed by atoms with Crippen LogP contribution >= 0.6 is 23.4 Å². The molecular formula is C21H18ClN5O3S. The number of rotatable bonds is 7. The number of halogens is 1. The van der Waals surface area contributed by atoms with E-state index in [1.807, 2.05) is 6.92 Å². The van der Waals surface area contributed by atoms with Crippen molar-refractivity contribution < 1.29 is 9.53 Å². The molecule has 8 nitrogen and oxygen atoms in total. The summed E-state index contributed by atoms with van der Waals surface area (Å²) in [6.45, 7) is 2.48. The van der Waals surface area contributed by atoms with E-state index >= 15 is 0 Å². The lowest BCUT2D eigenvalue weighted by Crippen LogP contribution is -2.22. The number of nitrogens with zero attached hydrogens (tertiary/aromatic N) is 3. The number of carbonyl (C=O) groups excluding carboxylic acids is 1. The quantitative estimate of drug-likeness (QED) is 0.324. The van der Waals surface area contributed by atoms with Crippen molar-refractivity contribution in [2.24, 2.45) is 0 Å². The number of ether oxygens (including phenoxy) is 1. The normalized spacial score (nSPS) is 10.9. The number of benzene rings is 2. The molecule has 0 radical (unpaired) electrons. The Morgan fingerprint density at radius 1 is 1.26 bits per heavy atom. The van der Waals surface area contributed by atoms with Gasteiger partial charge in [-0.3, -0.25) is 19.3 Å². The summed E-state index contributed by atoms with van der Waals surface area (Å²) in [4.78, 5) is 30.0. The molecule has 31 heavy (non-hydrogen) atoms. The Morgan fingerprint density at radius 3 is 2.81 bits per heavy atom. The molecule has 2 N–H and O–H groups in total. The fourth-order valence-corrected chi connectivity index (χ4v) is 3.93. The van der Waals surface area contributed by atoms with Crippen LogP contribution in [0.5, 0.6) is 5.75 Å². The van der Waals surface area contributed by atoms with E-state index in [1.165, 1.54) is 10.8 Å². The fourth-order valence-electron chi connectivity index (χ4n) is 2.94. The van der Waals surface area contributed by atoms with Gasteiger partial charge in [0.2, 0.25) is 5.91 Å². The largest absolute Gasteiger partial charge is 0.494 e. The van der Waals surface area contributed by atoms with E-state index in [2.05, 4.69) is 20.5 Å². The zero-order valence-corrected chi connectivity index (χ0v) is 18.0. The summed E-state index contributed by atoms with van der Waals surface area (Å²) < 4.78 is 6.83. The topological polar surface area (TPSA) is 102 Å². The molecule has 0 unspecified atom stereocenters. The maximum Gasteiger partial charge on any atom is 0.269 e. The average Bonchev–Trinajstić information content (AvgIpc) is 3.23. The first-order valence-corrected chi connectivity index (χ1v) is 10.8. The first-order chi connectivity index (χ1) is 15.0. The van der Waals surface area contributed by atoms with Gasteiger partial charge < -0.3 is 10.1 Å². The van der Waals surface area contributed by atoms with Crippen molar-refractivity contribution in [3.8, 4) is 11.4 Å². The highest BCUT2D eigenvalue weighted by Crippen LogP contribution is 2.23. The molecule has 0 aliphatic rings. The van der Waals surface area contributed by atoms with E-state index < -0.39 is 0 Å². The van der Waals surface area contributed by atoms with Crippen LogP contribution in [0.3, 0.4) is 0 Å². The van der Waals surface area contributed by atoms with Gasteiger partial charge in [-0.2, -0.15) is 5.10 Å². The number of thioether (sulfide) groups is 1. The molecular weight excluding hydrogens is 438 g/mol. The molecule has 0 aliphatic carbocycles. The van der Waals surface area contributed by atoms with Crippen LogP contribution in [0.15, 0.2) is 64.7 Å². The molecule has 0 aliphatic heterocycles. The van der Waals surface area contributed by atoms with E-state index in [4.69, 9.17) is 16.3 Å². The van der Waals surface area contributed by atoms with E-state index in [1.54, 1.807) is 48.5 Å². The fraction of sp³-hybridized carbons (Fsp3) is 0.143. The second-order valence-electron chi connectivity index (χ2n) is 6.44. The third-order valence-corrected chi connectivity index (χ3v) is 5.47. The lowest BCUT2D eigenvalue weighted by molar-refractivity contribution is -0.113. The number of nitrogens with one attached hydrogen (secondary N) is 2. The summed E-state index contributed by atoms with van der Waals surface area (Å²) in [5.41, 5.74) is 1.27. The molecule has 2 aromatic heterocycles. The predicted octanol–water partition coefficient (Wildman–Crippen LogP) is 3.89. The van der Waals surface area contributed by atoms with Crippen molar-refractivity contribution >= 4 is 46.0 Å². The van der Waals surface area contributed by atoms with Gasteiger partial charge in [-0.1, -0.05) is 29.4 Å². The standard InChI is InChI=1S/C21H18ClN5O3S/c1-2-30-16-8-6-14(7-9-16)24-18(28)12-31-21-25-19-17(11-23-26-19)20(29)27(21)15-5-3-4-13(22)10-15/h3-11H,2,12H2,1H3,(H,23,26)(H,24,28). The molecule has 0 saturated carbocycles. The Bertz CT molecular complexity index is 1290. The van der Waals surface area contributed by atoms with Gasteiger partial charge in [0.1, 0.15) is 11.1 Å². The molecule has 4 aromatic rings. The van der Waals surface area contributed by atoms with Crippen LogP contribution in [0.1, 0.15) is 6.92 Å². The van der Waals surface area contributed by atoms with Gasteiger partial charge >= 0.3 is 0 Å². The Kier molecular flexibility index (Phi) is 6.24. The molecule has 4 rings (SSSR count). The van der Waals surface area contributed by atoms with Crippen molar-refractivity contribution in [1.82, 2.24) is 19.7 Å². The van der Waals surface area contributed by atoms with Crippen LogP contribution in [-0.2, 0) is 4.79 Å². The van der Waals surface area contributed by atoms with Gasteiger partial charge in [0.05, 0.1) is 24.2 Å². The average molecular weight is 456 g/mol. The van der Waals surface area contributed by atoms with Gasteiger partial charge in [0, 0.05) is 10.7 Å². The number of hydrogen-bond donors (Lipinski definition) is 2. The first kappa shape index (κ1) is 21.0. The zero-order chi connectivity index (χ0) is 21.8. The number of H-pyrrole nitrogens is 1. The van der Waals surface area contributed by atoms with E-state index in [0.717, 1.165) is 17.5 Å². The van der Waals surface area contributed by atoms with Crippen LogP contribution in [-0.4, -0.2) is 38.0 Å². The monoisotopic (exact) mass is 455 g/mol. The molecule has 10 heteroatoms. The summed E-state index contributed by atoms with van der Waals surface area (Å²) >= 11 is 7.25. The number of aromatic nitrogens is 4. The Hall–Kier alpha value is -3.30. The van der Waals surface area contributed by atoms with E-state index in [9.17, 15) is 9.59 Å². The molecule has 0 fully saturated rings. The van der Waals surface area contributed by atoms with Crippen molar-refractivity contribution in [3.63, 3.8) is 0 Å². The van der Waals surface area contributed by atoms with Crippen molar-refractivity contribution in [3.05, 3.63) is 70.1 Å². The third kappa shape index (κ3) is 4.73. The Balaban J connectivity index is 1.57. The lowest BCUT2D eigenvalue weighted by atomic mass is 10.3. The van der Waals surface area contributed by atoms with E-state index in [-0.39, 0.29) is 17.2 Å². The number of amides is 1. The first-order valence-electron chi connectivity index (χ1n) is 9.42. The predicted molar refractivity (Wildman–Crippen MR) is 121 cm³/mol. The molecule has 2 aromatic carbocycles. The van der Waals surface area contributed by atoms with E-state index in [0.29, 0.717) is 39.2 Å². The van der Waals surface area contributed by atoms with Crippen LogP contribution in [0, 0.1) is 0 Å². The van der Waals surface area contributed by atoms with Crippen LogP contribution in [0.2, 0.25) is 5.02 Å². The smallest absolute Gasteiger partial charge is 0.269 e. The number of fused-ring (bicyclic) bond motifs is 1. The van der Waals surface area contributed by atoms with Gasteiger partial charge in [0.15, 0.2) is 10.8 Å².